The fourth-order valence-electron chi connectivity index (χ4n) is 2.87. The largest absolute Gasteiger partial charge is 0.417 e. The minimum absolute atomic E-state index is 0.0413. The van der Waals surface area contributed by atoms with Gasteiger partial charge in [-0.05, 0) is 41.3 Å². The molecule has 0 unspecified atom stereocenters. The molecule has 4 rings (SSSR count). The highest BCUT2D eigenvalue weighted by Gasteiger charge is 2.15. The van der Waals surface area contributed by atoms with Gasteiger partial charge in [-0.1, -0.05) is 32.9 Å². The van der Waals surface area contributed by atoms with Gasteiger partial charge in [0.1, 0.15) is 0 Å². The minimum atomic E-state index is -0.490. The summed E-state index contributed by atoms with van der Waals surface area (Å²) in [4.78, 5) is 30.9. The molecule has 1 amide bonds. The zero-order chi connectivity index (χ0) is 19.9. The number of hydrogen-bond acceptors (Lipinski definition) is 5. The Labute approximate surface area is 165 Å². The number of fused-ring (bicyclic) bond motifs is 1. The summed E-state index contributed by atoms with van der Waals surface area (Å²) in [6.07, 6.45) is 0. The number of benzene rings is 2. The van der Waals surface area contributed by atoms with Crippen LogP contribution in [-0.2, 0) is 5.41 Å². The lowest BCUT2D eigenvalue weighted by Crippen LogP contribution is -2.14. The van der Waals surface area contributed by atoms with E-state index in [0.29, 0.717) is 27.5 Å². The molecule has 0 aliphatic carbocycles. The summed E-state index contributed by atoms with van der Waals surface area (Å²) >= 11 is 1.35. The number of hydrogen-bond donors (Lipinski definition) is 2. The highest BCUT2D eigenvalue weighted by Crippen LogP contribution is 2.27. The van der Waals surface area contributed by atoms with E-state index in [9.17, 15) is 9.59 Å². The van der Waals surface area contributed by atoms with Crippen molar-refractivity contribution in [3.8, 4) is 11.3 Å². The van der Waals surface area contributed by atoms with Crippen LogP contribution >= 0.6 is 11.3 Å². The molecule has 0 atom stereocenters. The Morgan fingerprint density at radius 2 is 1.89 bits per heavy atom. The van der Waals surface area contributed by atoms with Gasteiger partial charge in [0.05, 0.1) is 11.2 Å². The van der Waals surface area contributed by atoms with Crippen LogP contribution in [0.1, 0.15) is 36.7 Å². The van der Waals surface area contributed by atoms with Crippen molar-refractivity contribution in [2.75, 3.05) is 5.32 Å². The number of nitrogens with zero attached hydrogens (tertiary/aromatic N) is 1. The number of thiazole rings is 1. The van der Waals surface area contributed by atoms with Crippen LogP contribution in [0.4, 0.5) is 5.13 Å². The minimum Gasteiger partial charge on any atom is -0.408 e. The van der Waals surface area contributed by atoms with Gasteiger partial charge in [0.15, 0.2) is 10.7 Å². The van der Waals surface area contributed by atoms with Gasteiger partial charge in [0.25, 0.3) is 5.91 Å². The first-order valence-corrected chi connectivity index (χ1v) is 9.68. The Hall–Kier alpha value is -3.19. The first-order valence-electron chi connectivity index (χ1n) is 8.80. The SMILES string of the molecule is CC(C)(C)c1ccc(C(=O)Nc2nc(-c3ccc4oc(=O)[nH]c4c3)cs2)cc1. The van der Waals surface area contributed by atoms with Gasteiger partial charge in [-0.2, -0.15) is 0 Å². The Morgan fingerprint density at radius 1 is 1.14 bits per heavy atom. The number of H-pyrrole nitrogens is 1. The van der Waals surface area contributed by atoms with Gasteiger partial charge in [-0.25, -0.2) is 9.78 Å². The number of carbonyl (C=O) groups is 1. The van der Waals surface area contributed by atoms with E-state index in [-0.39, 0.29) is 11.3 Å². The predicted molar refractivity (Wildman–Crippen MR) is 111 cm³/mol. The monoisotopic (exact) mass is 393 g/mol. The molecule has 142 valence electrons. The number of aromatic nitrogens is 2. The zero-order valence-corrected chi connectivity index (χ0v) is 16.5. The molecule has 7 heteroatoms. The second-order valence-electron chi connectivity index (χ2n) is 7.54. The fourth-order valence-corrected chi connectivity index (χ4v) is 3.58. The number of aromatic amines is 1. The molecular formula is C21H19N3O3S. The van der Waals surface area contributed by atoms with Crippen molar-refractivity contribution in [3.63, 3.8) is 0 Å². The van der Waals surface area contributed by atoms with Gasteiger partial charge in [0.2, 0.25) is 0 Å². The number of amides is 1. The third-order valence-electron chi connectivity index (χ3n) is 4.45. The lowest BCUT2D eigenvalue weighted by atomic mass is 9.87. The molecule has 2 heterocycles. The molecule has 0 saturated heterocycles. The number of anilines is 1. The summed E-state index contributed by atoms with van der Waals surface area (Å²) in [5.74, 6) is -0.688. The molecule has 2 aromatic heterocycles. The average molecular weight is 393 g/mol. The number of oxazole rings is 1. The van der Waals surface area contributed by atoms with Crippen molar-refractivity contribution >= 4 is 33.5 Å². The van der Waals surface area contributed by atoms with Crippen LogP contribution in [0.15, 0.2) is 57.1 Å². The third-order valence-corrected chi connectivity index (χ3v) is 5.21. The van der Waals surface area contributed by atoms with E-state index < -0.39 is 5.76 Å². The maximum atomic E-state index is 12.5. The third kappa shape index (κ3) is 3.61. The number of carbonyl (C=O) groups excluding carboxylic acids is 1. The first kappa shape index (κ1) is 18.2. The highest BCUT2D eigenvalue weighted by molar-refractivity contribution is 7.14. The fraction of sp³-hybridized carbons (Fsp3) is 0.190. The highest BCUT2D eigenvalue weighted by atomic mass is 32.1. The smallest absolute Gasteiger partial charge is 0.408 e. The van der Waals surface area contributed by atoms with E-state index in [0.717, 1.165) is 5.56 Å². The lowest BCUT2D eigenvalue weighted by molar-refractivity contribution is 0.102. The molecule has 0 spiro atoms. The zero-order valence-electron chi connectivity index (χ0n) is 15.7. The number of nitrogens with one attached hydrogen (secondary N) is 2. The Morgan fingerprint density at radius 3 is 2.61 bits per heavy atom. The summed E-state index contributed by atoms with van der Waals surface area (Å²) in [5.41, 5.74) is 4.45. The summed E-state index contributed by atoms with van der Waals surface area (Å²) in [5, 5.41) is 5.21. The van der Waals surface area contributed by atoms with E-state index in [1.165, 1.54) is 16.9 Å². The second-order valence-corrected chi connectivity index (χ2v) is 8.40. The van der Waals surface area contributed by atoms with Gasteiger partial charge < -0.3 is 4.42 Å². The molecule has 28 heavy (non-hydrogen) atoms. The molecule has 0 saturated carbocycles. The molecule has 0 bridgehead atoms. The number of rotatable bonds is 3. The average Bonchev–Trinajstić information content (AvgIpc) is 3.25. The molecule has 0 aliphatic heterocycles. The Balaban J connectivity index is 1.52. The van der Waals surface area contributed by atoms with Gasteiger partial charge in [-0.3, -0.25) is 15.1 Å². The Kier molecular flexibility index (Phi) is 4.39. The maximum Gasteiger partial charge on any atom is 0.417 e. The molecular weight excluding hydrogens is 374 g/mol. The Bertz CT molecular complexity index is 1210. The van der Waals surface area contributed by atoms with Crippen LogP contribution in [0, 0.1) is 0 Å². The topological polar surface area (TPSA) is 88.0 Å². The first-order chi connectivity index (χ1) is 13.3. The summed E-state index contributed by atoms with van der Waals surface area (Å²) in [6, 6.07) is 12.9. The van der Waals surface area contributed by atoms with E-state index >= 15 is 0 Å². The van der Waals surface area contributed by atoms with Crippen LogP contribution in [0.25, 0.3) is 22.4 Å². The molecule has 2 aromatic carbocycles. The van der Waals surface area contributed by atoms with Crippen molar-refractivity contribution in [2.24, 2.45) is 0 Å². The normalized spacial score (nSPS) is 11.7. The van der Waals surface area contributed by atoms with Crippen molar-refractivity contribution in [1.29, 1.82) is 0 Å². The molecule has 2 N–H and O–H groups in total. The van der Waals surface area contributed by atoms with E-state index in [2.05, 4.69) is 36.1 Å². The lowest BCUT2D eigenvalue weighted by Gasteiger charge is -2.18. The van der Waals surface area contributed by atoms with Crippen LogP contribution in [0.3, 0.4) is 0 Å². The second kappa shape index (κ2) is 6.76. The van der Waals surface area contributed by atoms with Crippen LogP contribution in [0.2, 0.25) is 0 Å². The van der Waals surface area contributed by atoms with Crippen molar-refractivity contribution in [2.45, 2.75) is 26.2 Å². The van der Waals surface area contributed by atoms with Crippen LogP contribution < -0.4 is 11.1 Å². The summed E-state index contributed by atoms with van der Waals surface area (Å²) in [7, 11) is 0. The summed E-state index contributed by atoms with van der Waals surface area (Å²) in [6.45, 7) is 6.40. The van der Waals surface area contributed by atoms with Crippen LogP contribution in [0.5, 0.6) is 0 Å². The van der Waals surface area contributed by atoms with E-state index in [1.807, 2.05) is 35.7 Å². The molecule has 0 aliphatic rings. The van der Waals surface area contributed by atoms with Crippen molar-refractivity contribution in [1.82, 2.24) is 9.97 Å². The predicted octanol–water partition coefficient (Wildman–Crippen LogP) is 4.79. The molecule has 0 radical (unpaired) electrons. The van der Waals surface area contributed by atoms with Crippen LogP contribution in [-0.4, -0.2) is 15.9 Å². The van der Waals surface area contributed by atoms with Crippen molar-refractivity contribution in [3.05, 3.63) is 69.5 Å². The molecule has 6 nitrogen and oxygen atoms in total. The van der Waals surface area contributed by atoms with Crippen molar-refractivity contribution < 1.29 is 9.21 Å². The van der Waals surface area contributed by atoms with Gasteiger partial charge in [0, 0.05) is 16.5 Å². The van der Waals surface area contributed by atoms with Gasteiger partial charge in [-0.15, -0.1) is 11.3 Å². The molecule has 0 fully saturated rings. The quantitative estimate of drug-likeness (QED) is 0.524. The maximum absolute atomic E-state index is 12.5. The molecule has 4 aromatic rings. The van der Waals surface area contributed by atoms with E-state index in [4.69, 9.17) is 4.42 Å². The van der Waals surface area contributed by atoms with Gasteiger partial charge >= 0.3 is 5.76 Å². The standard InChI is InChI=1S/C21H19N3O3S/c1-21(2,3)14-7-4-12(5-8-14)18(25)24-19-22-16(11-28-19)13-6-9-17-15(10-13)23-20(26)27-17/h4-11H,1-3H3,(H,23,26)(H,22,24,25). The summed E-state index contributed by atoms with van der Waals surface area (Å²) < 4.78 is 5.01. The van der Waals surface area contributed by atoms with E-state index in [1.54, 1.807) is 12.1 Å².